The van der Waals surface area contributed by atoms with E-state index in [1.54, 1.807) is 17.4 Å². The molecule has 0 radical (unpaired) electrons. The first kappa shape index (κ1) is 12.2. The third kappa shape index (κ3) is 2.61. The summed E-state index contributed by atoms with van der Waals surface area (Å²) in [7, 11) is 0. The fourth-order valence-electron chi connectivity index (χ4n) is 2.17. The summed E-state index contributed by atoms with van der Waals surface area (Å²) in [5.41, 5.74) is 2.09. The number of aromatic carboxylic acids is 1. The smallest absolute Gasteiger partial charge is 0.356 e. The summed E-state index contributed by atoms with van der Waals surface area (Å²) in [5, 5.41) is 13.4. The Hall–Kier alpha value is -1.88. The Morgan fingerprint density at radius 2 is 2.32 bits per heavy atom. The van der Waals surface area contributed by atoms with Gasteiger partial charge >= 0.3 is 5.97 Å². The number of carboxylic acids is 1. The van der Waals surface area contributed by atoms with Crippen molar-refractivity contribution in [2.45, 2.75) is 25.4 Å². The second-order valence-corrected chi connectivity index (χ2v) is 5.45. The molecule has 0 aromatic carbocycles. The summed E-state index contributed by atoms with van der Waals surface area (Å²) in [5.74, 6) is -0.966. The molecule has 3 rings (SSSR count). The Balaban J connectivity index is 1.94. The largest absolute Gasteiger partial charge is 0.476 e. The van der Waals surface area contributed by atoms with E-state index < -0.39 is 5.97 Å². The van der Waals surface area contributed by atoms with E-state index in [1.165, 1.54) is 11.8 Å². The summed E-state index contributed by atoms with van der Waals surface area (Å²) >= 11 is 1.66. The zero-order valence-corrected chi connectivity index (χ0v) is 11.1. The molecule has 2 aromatic heterocycles. The van der Waals surface area contributed by atoms with Crippen molar-refractivity contribution in [1.29, 1.82) is 0 Å². The van der Waals surface area contributed by atoms with Crippen LogP contribution in [0.25, 0.3) is 0 Å². The lowest BCUT2D eigenvalue weighted by Gasteiger charge is -2.25. The molecule has 2 aromatic rings. The summed E-state index contributed by atoms with van der Waals surface area (Å²) in [6.07, 6.45) is 3.78. The number of anilines is 1. The summed E-state index contributed by atoms with van der Waals surface area (Å²) in [6, 6.07) is 6.17. The zero-order valence-electron chi connectivity index (χ0n) is 10.3. The lowest BCUT2D eigenvalue weighted by molar-refractivity contribution is 0.0691. The Morgan fingerprint density at radius 1 is 1.47 bits per heavy atom. The number of carboxylic acid groups (broad SMARTS) is 1. The Kier molecular flexibility index (Phi) is 3.21. The molecule has 0 aliphatic heterocycles. The number of hydrogen-bond donors (Lipinski definition) is 1. The molecule has 5 heteroatoms. The van der Waals surface area contributed by atoms with Crippen molar-refractivity contribution < 1.29 is 9.90 Å². The zero-order chi connectivity index (χ0) is 13.2. The van der Waals surface area contributed by atoms with Crippen molar-refractivity contribution in [3.05, 3.63) is 46.4 Å². The number of pyridine rings is 1. The van der Waals surface area contributed by atoms with E-state index in [4.69, 9.17) is 0 Å². The number of thiophene rings is 1. The van der Waals surface area contributed by atoms with Crippen molar-refractivity contribution in [1.82, 2.24) is 4.98 Å². The molecule has 1 aliphatic rings. The highest BCUT2D eigenvalue weighted by atomic mass is 32.1. The molecule has 0 spiro atoms. The van der Waals surface area contributed by atoms with Crippen LogP contribution >= 0.6 is 11.3 Å². The van der Waals surface area contributed by atoms with Gasteiger partial charge in [0, 0.05) is 18.8 Å². The van der Waals surface area contributed by atoms with Gasteiger partial charge in [-0.1, -0.05) is 0 Å². The van der Waals surface area contributed by atoms with Crippen molar-refractivity contribution in [3.63, 3.8) is 0 Å². The maximum Gasteiger partial charge on any atom is 0.356 e. The lowest BCUT2D eigenvalue weighted by Crippen LogP contribution is -2.27. The first-order valence-electron chi connectivity index (χ1n) is 6.22. The first-order valence-corrected chi connectivity index (χ1v) is 7.16. The molecule has 1 N–H and O–H groups in total. The van der Waals surface area contributed by atoms with Gasteiger partial charge in [-0.15, -0.1) is 0 Å². The third-order valence-electron chi connectivity index (χ3n) is 3.22. The van der Waals surface area contributed by atoms with Crippen LogP contribution in [0.15, 0.2) is 35.2 Å². The highest BCUT2D eigenvalue weighted by Crippen LogP contribution is 2.34. The van der Waals surface area contributed by atoms with Crippen LogP contribution in [-0.4, -0.2) is 22.1 Å². The topological polar surface area (TPSA) is 53.4 Å². The molecule has 0 amide bonds. The summed E-state index contributed by atoms with van der Waals surface area (Å²) < 4.78 is 0. The van der Waals surface area contributed by atoms with Crippen molar-refractivity contribution in [2.24, 2.45) is 0 Å². The molecule has 98 valence electrons. The van der Waals surface area contributed by atoms with E-state index in [1.807, 2.05) is 11.4 Å². The van der Waals surface area contributed by atoms with Crippen LogP contribution in [0.2, 0.25) is 0 Å². The van der Waals surface area contributed by atoms with Gasteiger partial charge in [0.25, 0.3) is 0 Å². The van der Waals surface area contributed by atoms with Gasteiger partial charge in [-0.3, -0.25) is 0 Å². The first-order chi connectivity index (χ1) is 9.25. The van der Waals surface area contributed by atoms with E-state index in [9.17, 15) is 9.90 Å². The van der Waals surface area contributed by atoms with E-state index in [-0.39, 0.29) is 5.69 Å². The van der Waals surface area contributed by atoms with Gasteiger partial charge in [0.1, 0.15) is 0 Å². The number of nitrogens with zero attached hydrogens (tertiary/aromatic N) is 2. The molecule has 0 atom stereocenters. The van der Waals surface area contributed by atoms with Gasteiger partial charge in [-0.05, 0) is 47.4 Å². The van der Waals surface area contributed by atoms with Crippen LogP contribution in [0, 0.1) is 0 Å². The minimum absolute atomic E-state index is 0.143. The fourth-order valence-corrected chi connectivity index (χ4v) is 2.83. The number of hydrogen-bond acceptors (Lipinski definition) is 4. The van der Waals surface area contributed by atoms with Crippen molar-refractivity contribution in [3.8, 4) is 0 Å². The van der Waals surface area contributed by atoms with Crippen LogP contribution in [0.4, 0.5) is 5.69 Å². The maximum absolute atomic E-state index is 11.3. The molecule has 0 bridgehead atoms. The van der Waals surface area contributed by atoms with Gasteiger partial charge in [-0.25, -0.2) is 9.78 Å². The molecular formula is C14H14N2O2S. The molecular weight excluding hydrogens is 260 g/mol. The van der Waals surface area contributed by atoms with Crippen LogP contribution in [0.1, 0.15) is 28.9 Å². The van der Waals surface area contributed by atoms with Gasteiger partial charge in [0.15, 0.2) is 5.69 Å². The van der Waals surface area contributed by atoms with Gasteiger partial charge in [0.2, 0.25) is 0 Å². The molecule has 0 unspecified atom stereocenters. The normalized spacial score (nSPS) is 14.3. The van der Waals surface area contributed by atoms with Crippen molar-refractivity contribution in [2.75, 3.05) is 4.90 Å². The molecule has 1 aliphatic carbocycles. The maximum atomic E-state index is 11.3. The molecule has 19 heavy (non-hydrogen) atoms. The van der Waals surface area contributed by atoms with Crippen LogP contribution in [0.3, 0.4) is 0 Å². The highest BCUT2D eigenvalue weighted by molar-refractivity contribution is 7.07. The molecule has 0 saturated heterocycles. The second-order valence-electron chi connectivity index (χ2n) is 4.67. The predicted octanol–water partition coefficient (Wildman–Crippen LogP) is 3.01. The molecule has 1 fully saturated rings. The number of carbonyl (C=O) groups is 1. The standard InChI is InChI=1S/C14H14N2O2S/c17-14(18)13-12(2-1-6-15-13)16(11-3-4-11)8-10-5-7-19-9-10/h1-2,5-7,9,11H,3-4,8H2,(H,17,18). The average molecular weight is 274 g/mol. The van der Waals surface area contributed by atoms with Gasteiger partial charge < -0.3 is 10.0 Å². The monoisotopic (exact) mass is 274 g/mol. The summed E-state index contributed by atoms with van der Waals surface area (Å²) in [6.45, 7) is 0.750. The second kappa shape index (κ2) is 5.01. The average Bonchev–Trinajstić information content (AvgIpc) is 3.13. The fraction of sp³-hybridized carbons (Fsp3) is 0.286. The van der Waals surface area contributed by atoms with Crippen molar-refractivity contribution >= 4 is 23.0 Å². The van der Waals surface area contributed by atoms with Crippen LogP contribution in [0.5, 0.6) is 0 Å². The molecule has 2 heterocycles. The minimum atomic E-state index is -0.966. The lowest BCUT2D eigenvalue weighted by atomic mass is 10.2. The van der Waals surface area contributed by atoms with E-state index >= 15 is 0 Å². The molecule has 1 saturated carbocycles. The molecule has 4 nitrogen and oxygen atoms in total. The SMILES string of the molecule is O=C(O)c1ncccc1N(Cc1ccsc1)C1CC1. The van der Waals surface area contributed by atoms with Crippen LogP contribution in [-0.2, 0) is 6.54 Å². The van der Waals surface area contributed by atoms with E-state index in [0.29, 0.717) is 6.04 Å². The Bertz CT molecular complexity index is 579. The summed E-state index contributed by atoms with van der Waals surface area (Å²) in [4.78, 5) is 17.4. The number of rotatable bonds is 5. The Labute approximate surface area is 115 Å². The van der Waals surface area contributed by atoms with E-state index in [0.717, 1.165) is 25.1 Å². The third-order valence-corrected chi connectivity index (χ3v) is 3.95. The van der Waals surface area contributed by atoms with Gasteiger partial charge in [-0.2, -0.15) is 11.3 Å². The van der Waals surface area contributed by atoms with Gasteiger partial charge in [0.05, 0.1) is 5.69 Å². The van der Waals surface area contributed by atoms with Crippen LogP contribution < -0.4 is 4.90 Å². The highest BCUT2D eigenvalue weighted by Gasteiger charge is 2.31. The predicted molar refractivity (Wildman–Crippen MR) is 74.7 cm³/mol. The number of aromatic nitrogens is 1. The minimum Gasteiger partial charge on any atom is -0.476 e. The van der Waals surface area contributed by atoms with E-state index in [2.05, 4.69) is 21.3 Å². The Morgan fingerprint density at radius 3 is 2.95 bits per heavy atom. The quantitative estimate of drug-likeness (QED) is 0.910.